The van der Waals surface area contributed by atoms with E-state index in [9.17, 15) is 4.21 Å². The molecule has 0 aliphatic carbocycles. The molecule has 1 aliphatic heterocycles. The lowest BCUT2D eigenvalue weighted by Gasteiger charge is -2.09. The van der Waals surface area contributed by atoms with Crippen LogP contribution in [0.2, 0.25) is 0 Å². The SMILES string of the molecule is NCCCOc1ccc2c(c1)-c1cc(OCCCN)ccc1S2=O. The van der Waals surface area contributed by atoms with Gasteiger partial charge in [0, 0.05) is 11.1 Å². The molecular formula is C18H22N2O3S. The first-order valence-electron chi connectivity index (χ1n) is 8.10. The first-order chi connectivity index (χ1) is 11.7. The van der Waals surface area contributed by atoms with Gasteiger partial charge in [0.2, 0.25) is 0 Å². The summed E-state index contributed by atoms with van der Waals surface area (Å²) in [5.74, 6) is 1.53. The first kappa shape index (κ1) is 17.0. The molecule has 0 spiro atoms. The fraction of sp³-hybridized carbons (Fsp3) is 0.333. The Morgan fingerprint density at radius 1 is 0.792 bits per heavy atom. The normalized spacial score (nSPS) is 12.8. The summed E-state index contributed by atoms with van der Waals surface area (Å²) in [6.07, 6.45) is 1.61. The maximum absolute atomic E-state index is 12.6. The Hall–Kier alpha value is -1.89. The molecule has 0 radical (unpaired) electrons. The van der Waals surface area contributed by atoms with Crippen molar-refractivity contribution < 1.29 is 13.7 Å². The molecular weight excluding hydrogens is 324 g/mol. The van der Waals surface area contributed by atoms with Crippen molar-refractivity contribution in [2.24, 2.45) is 11.5 Å². The highest BCUT2D eigenvalue weighted by Gasteiger charge is 2.26. The lowest BCUT2D eigenvalue weighted by Crippen LogP contribution is -2.06. The maximum Gasteiger partial charge on any atom is 0.119 e. The summed E-state index contributed by atoms with van der Waals surface area (Å²) >= 11 is 0. The lowest BCUT2D eigenvalue weighted by molar-refractivity contribution is 0.313. The molecule has 0 amide bonds. The second kappa shape index (κ2) is 7.79. The van der Waals surface area contributed by atoms with E-state index in [2.05, 4.69) is 0 Å². The monoisotopic (exact) mass is 346 g/mol. The predicted octanol–water partition coefficient (Wildman–Crippen LogP) is 2.29. The highest BCUT2D eigenvalue weighted by Crippen LogP contribution is 2.43. The zero-order valence-corrected chi connectivity index (χ0v) is 14.3. The van der Waals surface area contributed by atoms with E-state index in [1.807, 2.05) is 36.4 Å². The van der Waals surface area contributed by atoms with Crippen molar-refractivity contribution in [3.8, 4) is 22.6 Å². The highest BCUT2D eigenvalue weighted by atomic mass is 32.2. The van der Waals surface area contributed by atoms with Crippen LogP contribution in [0.3, 0.4) is 0 Å². The third-order valence-electron chi connectivity index (χ3n) is 3.83. The zero-order valence-electron chi connectivity index (χ0n) is 13.5. The molecule has 1 heterocycles. The van der Waals surface area contributed by atoms with Gasteiger partial charge in [0.25, 0.3) is 0 Å². The summed E-state index contributed by atoms with van der Waals surface area (Å²) in [4.78, 5) is 1.63. The van der Waals surface area contributed by atoms with Crippen LogP contribution in [0.4, 0.5) is 0 Å². The van der Waals surface area contributed by atoms with Crippen molar-refractivity contribution in [3.05, 3.63) is 36.4 Å². The second-order valence-electron chi connectivity index (χ2n) is 5.57. The predicted molar refractivity (Wildman–Crippen MR) is 94.9 cm³/mol. The molecule has 3 rings (SSSR count). The number of ether oxygens (including phenoxy) is 2. The standard InChI is InChI=1S/C18H22N2O3S/c19-7-1-9-22-13-3-5-17-15(11-13)16-12-14(23-10-2-8-20)4-6-18(16)24(17)21/h3-6,11-12H,1-2,7-10,19-20H2. The molecule has 0 saturated carbocycles. The fourth-order valence-corrected chi connectivity index (χ4v) is 3.96. The molecule has 4 N–H and O–H groups in total. The quantitative estimate of drug-likeness (QED) is 0.611. The smallest absolute Gasteiger partial charge is 0.119 e. The largest absolute Gasteiger partial charge is 0.494 e. The fourth-order valence-electron chi connectivity index (χ4n) is 2.61. The Morgan fingerprint density at radius 2 is 1.25 bits per heavy atom. The molecule has 0 saturated heterocycles. The molecule has 2 aromatic carbocycles. The van der Waals surface area contributed by atoms with Gasteiger partial charge in [0.05, 0.1) is 33.8 Å². The average molecular weight is 346 g/mol. The van der Waals surface area contributed by atoms with E-state index in [1.54, 1.807) is 0 Å². The second-order valence-corrected chi connectivity index (χ2v) is 6.98. The van der Waals surface area contributed by atoms with Crippen LogP contribution in [0.1, 0.15) is 12.8 Å². The molecule has 6 heteroatoms. The van der Waals surface area contributed by atoms with E-state index in [0.717, 1.165) is 45.3 Å². The van der Waals surface area contributed by atoms with Crippen LogP contribution in [-0.2, 0) is 10.8 Å². The van der Waals surface area contributed by atoms with Crippen LogP contribution < -0.4 is 20.9 Å². The maximum atomic E-state index is 12.6. The van der Waals surface area contributed by atoms with Gasteiger partial charge in [-0.25, -0.2) is 4.21 Å². The zero-order chi connectivity index (χ0) is 16.9. The number of hydrogen-bond donors (Lipinski definition) is 2. The number of rotatable bonds is 8. The Morgan fingerprint density at radius 3 is 1.67 bits per heavy atom. The summed E-state index contributed by atoms with van der Waals surface area (Å²) in [6.45, 7) is 2.35. The van der Waals surface area contributed by atoms with E-state index < -0.39 is 10.8 Å². The van der Waals surface area contributed by atoms with Crippen molar-refractivity contribution in [2.45, 2.75) is 22.6 Å². The summed E-state index contributed by atoms with van der Waals surface area (Å²) in [5.41, 5.74) is 12.9. The van der Waals surface area contributed by atoms with Crippen molar-refractivity contribution in [2.75, 3.05) is 26.3 Å². The number of fused-ring (bicyclic) bond motifs is 3. The minimum atomic E-state index is -1.16. The van der Waals surface area contributed by atoms with E-state index in [1.165, 1.54) is 0 Å². The van der Waals surface area contributed by atoms with E-state index in [4.69, 9.17) is 20.9 Å². The van der Waals surface area contributed by atoms with E-state index >= 15 is 0 Å². The molecule has 5 nitrogen and oxygen atoms in total. The highest BCUT2D eigenvalue weighted by molar-refractivity contribution is 7.85. The lowest BCUT2D eigenvalue weighted by atomic mass is 10.1. The summed E-state index contributed by atoms with van der Waals surface area (Å²) in [5, 5.41) is 0. The molecule has 128 valence electrons. The van der Waals surface area contributed by atoms with Gasteiger partial charge in [-0.05, 0) is 62.3 Å². The minimum absolute atomic E-state index is 0.577. The Labute approximate surface area is 144 Å². The van der Waals surface area contributed by atoms with Gasteiger partial charge in [-0.2, -0.15) is 0 Å². The van der Waals surface area contributed by atoms with Gasteiger partial charge in [-0.1, -0.05) is 0 Å². The topological polar surface area (TPSA) is 87.6 Å². The molecule has 0 fully saturated rings. The van der Waals surface area contributed by atoms with Crippen LogP contribution in [0.15, 0.2) is 46.2 Å². The van der Waals surface area contributed by atoms with Crippen molar-refractivity contribution in [3.63, 3.8) is 0 Å². The molecule has 0 unspecified atom stereocenters. The number of hydrogen-bond acceptors (Lipinski definition) is 5. The van der Waals surface area contributed by atoms with Gasteiger partial charge < -0.3 is 20.9 Å². The summed E-state index contributed by atoms with van der Waals surface area (Å²) < 4.78 is 24.0. The summed E-state index contributed by atoms with van der Waals surface area (Å²) in [7, 11) is -1.16. The van der Waals surface area contributed by atoms with Crippen LogP contribution in [0, 0.1) is 0 Å². The van der Waals surface area contributed by atoms with Gasteiger partial charge in [0.15, 0.2) is 0 Å². The van der Waals surface area contributed by atoms with Gasteiger partial charge in [0.1, 0.15) is 11.5 Å². The Balaban J connectivity index is 1.87. The van der Waals surface area contributed by atoms with Crippen LogP contribution in [-0.4, -0.2) is 30.5 Å². The Bertz CT molecular complexity index is 688. The molecule has 1 aliphatic rings. The van der Waals surface area contributed by atoms with Crippen LogP contribution in [0.25, 0.3) is 11.1 Å². The first-order valence-corrected chi connectivity index (χ1v) is 9.25. The minimum Gasteiger partial charge on any atom is -0.494 e. The molecule has 0 atom stereocenters. The third-order valence-corrected chi connectivity index (χ3v) is 5.34. The van der Waals surface area contributed by atoms with Gasteiger partial charge in [-0.3, -0.25) is 0 Å². The number of nitrogens with two attached hydrogens (primary N) is 2. The van der Waals surface area contributed by atoms with Crippen LogP contribution >= 0.6 is 0 Å². The average Bonchev–Trinajstić information content (AvgIpc) is 2.88. The van der Waals surface area contributed by atoms with E-state index in [-0.39, 0.29) is 0 Å². The van der Waals surface area contributed by atoms with Crippen molar-refractivity contribution >= 4 is 10.8 Å². The van der Waals surface area contributed by atoms with Gasteiger partial charge in [-0.15, -0.1) is 0 Å². The van der Waals surface area contributed by atoms with Crippen molar-refractivity contribution in [1.82, 2.24) is 0 Å². The summed E-state index contributed by atoms with van der Waals surface area (Å²) in [6, 6.07) is 11.4. The molecule has 24 heavy (non-hydrogen) atoms. The molecule has 0 bridgehead atoms. The number of benzene rings is 2. The molecule has 0 aromatic heterocycles. The molecule has 2 aromatic rings. The van der Waals surface area contributed by atoms with E-state index in [0.29, 0.717) is 26.3 Å². The van der Waals surface area contributed by atoms with Crippen molar-refractivity contribution in [1.29, 1.82) is 0 Å². The Kier molecular flexibility index (Phi) is 5.50. The third kappa shape index (κ3) is 3.45. The van der Waals surface area contributed by atoms with Crippen LogP contribution in [0.5, 0.6) is 11.5 Å². The van der Waals surface area contributed by atoms with Gasteiger partial charge >= 0.3 is 0 Å².